The van der Waals surface area contributed by atoms with Crippen LogP contribution in [0.1, 0.15) is 59.8 Å². The largest absolute Gasteiger partial charge is 0.357 e. The van der Waals surface area contributed by atoms with Crippen LogP contribution in [0, 0.1) is 0 Å². The Morgan fingerprint density at radius 3 is 2.38 bits per heavy atom. The quantitative estimate of drug-likeness (QED) is 0.197. The van der Waals surface area contributed by atoms with Crippen LogP contribution in [0.5, 0.6) is 0 Å². The Morgan fingerprint density at radius 2 is 1.83 bits per heavy atom. The molecular weight excluding hydrogens is 439 g/mol. The molecule has 0 rings (SSSR count). The summed E-state index contributed by atoms with van der Waals surface area (Å²) in [6.45, 7) is 10.0. The molecule has 0 aliphatic rings. The highest BCUT2D eigenvalue weighted by Crippen LogP contribution is 2.03. The Hall–Kier alpha value is -0.0900. The first-order valence-electron chi connectivity index (χ1n) is 8.86. The number of nitrogens with one attached hydrogen (secondary N) is 2. The molecule has 0 radical (unpaired) electrons. The minimum Gasteiger partial charge on any atom is -0.357 e. The van der Waals surface area contributed by atoms with Gasteiger partial charge in [0.25, 0.3) is 0 Å². The molecule has 146 valence electrons. The van der Waals surface area contributed by atoms with Crippen LogP contribution in [-0.4, -0.2) is 57.2 Å². The van der Waals surface area contributed by atoms with Gasteiger partial charge in [-0.25, -0.2) is 12.7 Å². The summed E-state index contributed by atoms with van der Waals surface area (Å²) in [6, 6.07) is 0.391. The van der Waals surface area contributed by atoms with Crippen molar-refractivity contribution in [3.8, 4) is 0 Å². The minimum atomic E-state index is -3.09. The zero-order chi connectivity index (χ0) is 17.7. The standard InChI is InChI=1S/C16H36N4O2S.HI/c1-6-9-10-12-15(4)19-16(17-7-2)18-13-11-14-20(5)23(21,22)8-3;/h15H,6-14H2,1-5H3,(H2,17,18,19);1H. The van der Waals surface area contributed by atoms with E-state index in [0.29, 0.717) is 19.1 Å². The van der Waals surface area contributed by atoms with Crippen molar-refractivity contribution in [2.24, 2.45) is 4.99 Å². The van der Waals surface area contributed by atoms with Crippen LogP contribution in [-0.2, 0) is 10.0 Å². The van der Waals surface area contributed by atoms with Gasteiger partial charge in [0.15, 0.2) is 5.96 Å². The summed E-state index contributed by atoms with van der Waals surface area (Å²) >= 11 is 0. The molecule has 0 spiro atoms. The van der Waals surface area contributed by atoms with Crippen molar-refractivity contribution in [3.05, 3.63) is 0 Å². The molecule has 0 aromatic heterocycles. The number of rotatable bonds is 12. The first-order valence-corrected chi connectivity index (χ1v) is 10.5. The Kier molecular flexibility index (Phi) is 16.5. The molecule has 0 bridgehead atoms. The SMILES string of the molecule is CCCCCC(C)NC(=NCCCN(C)S(=O)(=O)CC)NCC.I. The van der Waals surface area contributed by atoms with Crippen molar-refractivity contribution >= 4 is 40.0 Å². The van der Waals surface area contributed by atoms with Crippen molar-refractivity contribution in [2.75, 3.05) is 32.4 Å². The fourth-order valence-corrected chi connectivity index (χ4v) is 3.02. The third-order valence-corrected chi connectivity index (χ3v) is 5.57. The maximum atomic E-state index is 11.7. The summed E-state index contributed by atoms with van der Waals surface area (Å²) in [5.41, 5.74) is 0. The van der Waals surface area contributed by atoms with Crippen molar-refractivity contribution in [1.82, 2.24) is 14.9 Å². The second kappa shape index (κ2) is 15.2. The van der Waals surface area contributed by atoms with E-state index in [-0.39, 0.29) is 29.7 Å². The number of nitrogens with zero attached hydrogens (tertiary/aromatic N) is 2. The minimum absolute atomic E-state index is 0. The van der Waals surface area contributed by atoms with Crippen LogP contribution in [0.3, 0.4) is 0 Å². The molecule has 8 heteroatoms. The maximum Gasteiger partial charge on any atom is 0.213 e. The van der Waals surface area contributed by atoms with Gasteiger partial charge in [-0.15, -0.1) is 24.0 Å². The van der Waals surface area contributed by atoms with Gasteiger partial charge >= 0.3 is 0 Å². The van der Waals surface area contributed by atoms with Gasteiger partial charge in [-0.3, -0.25) is 4.99 Å². The smallest absolute Gasteiger partial charge is 0.213 e. The Bertz CT molecular complexity index is 430. The number of aliphatic imine (C=N–C) groups is 1. The molecular formula is C16H37IN4O2S. The fourth-order valence-electron chi connectivity index (χ4n) is 2.17. The van der Waals surface area contributed by atoms with E-state index < -0.39 is 10.0 Å². The number of sulfonamides is 1. The lowest BCUT2D eigenvalue weighted by Gasteiger charge is -2.18. The van der Waals surface area contributed by atoms with Crippen LogP contribution in [0.25, 0.3) is 0 Å². The van der Waals surface area contributed by atoms with Gasteiger partial charge in [0.2, 0.25) is 10.0 Å². The van der Waals surface area contributed by atoms with E-state index in [1.165, 1.54) is 23.6 Å². The highest BCUT2D eigenvalue weighted by Gasteiger charge is 2.13. The summed E-state index contributed by atoms with van der Waals surface area (Å²) in [5, 5.41) is 6.65. The van der Waals surface area contributed by atoms with Crippen LogP contribution in [0.15, 0.2) is 4.99 Å². The number of guanidine groups is 1. The van der Waals surface area contributed by atoms with Gasteiger partial charge < -0.3 is 10.6 Å². The Labute approximate surface area is 166 Å². The molecule has 0 aliphatic heterocycles. The van der Waals surface area contributed by atoms with E-state index in [1.54, 1.807) is 14.0 Å². The predicted octanol–water partition coefficient (Wildman–Crippen LogP) is 2.80. The second-order valence-electron chi connectivity index (χ2n) is 5.88. The van der Waals surface area contributed by atoms with E-state index in [2.05, 4.69) is 29.5 Å². The lowest BCUT2D eigenvalue weighted by atomic mass is 10.1. The monoisotopic (exact) mass is 476 g/mol. The average molecular weight is 476 g/mol. The molecule has 0 aromatic rings. The molecule has 0 fully saturated rings. The van der Waals surface area contributed by atoms with Crippen molar-refractivity contribution in [1.29, 1.82) is 0 Å². The molecule has 24 heavy (non-hydrogen) atoms. The molecule has 1 unspecified atom stereocenters. The lowest BCUT2D eigenvalue weighted by Crippen LogP contribution is -2.42. The topological polar surface area (TPSA) is 73.8 Å². The van der Waals surface area contributed by atoms with Crippen LogP contribution in [0.2, 0.25) is 0 Å². The first-order chi connectivity index (χ1) is 10.9. The van der Waals surface area contributed by atoms with E-state index in [0.717, 1.165) is 25.3 Å². The summed E-state index contributed by atoms with van der Waals surface area (Å²) in [6.07, 6.45) is 5.57. The molecule has 2 N–H and O–H groups in total. The summed E-state index contributed by atoms with van der Waals surface area (Å²) < 4.78 is 24.7. The van der Waals surface area contributed by atoms with Gasteiger partial charge in [0, 0.05) is 32.7 Å². The fraction of sp³-hybridized carbons (Fsp3) is 0.938. The zero-order valence-corrected chi connectivity index (χ0v) is 19.1. The molecule has 0 aliphatic carbocycles. The van der Waals surface area contributed by atoms with Crippen molar-refractivity contribution < 1.29 is 8.42 Å². The molecule has 6 nitrogen and oxygen atoms in total. The van der Waals surface area contributed by atoms with Crippen LogP contribution >= 0.6 is 24.0 Å². The molecule has 0 saturated carbocycles. The maximum absolute atomic E-state index is 11.7. The van der Waals surface area contributed by atoms with Gasteiger partial charge in [0.1, 0.15) is 0 Å². The second-order valence-corrected chi connectivity index (χ2v) is 8.24. The molecule has 1 atom stereocenters. The number of unbranched alkanes of at least 4 members (excludes halogenated alkanes) is 2. The average Bonchev–Trinajstić information content (AvgIpc) is 2.51. The van der Waals surface area contributed by atoms with Crippen molar-refractivity contribution in [2.45, 2.75) is 65.8 Å². The van der Waals surface area contributed by atoms with Gasteiger partial charge in [0.05, 0.1) is 5.75 Å². The zero-order valence-electron chi connectivity index (χ0n) is 16.0. The van der Waals surface area contributed by atoms with Crippen LogP contribution < -0.4 is 10.6 Å². The highest BCUT2D eigenvalue weighted by molar-refractivity contribution is 14.0. The third-order valence-electron chi connectivity index (χ3n) is 3.71. The van der Waals surface area contributed by atoms with Crippen molar-refractivity contribution in [3.63, 3.8) is 0 Å². The van der Waals surface area contributed by atoms with Gasteiger partial charge in [-0.1, -0.05) is 26.2 Å². The normalized spacial score (nSPS) is 13.5. The van der Waals surface area contributed by atoms with E-state index in [1.807, 2.05) is 6.92 Å². The van der Waals surface area contributed by atoms with E-state index in [9.17, 15) is 8.42 Å². The van der Waals surface area contributed by atoms with Gasteiger partial charge in [-0.2, -0.15) is 0 Å². The first kappa shape index (κ1) is 26.1. The van der Waals surface area contributed by atoms with E-state index >= 15 is 0 Å². The number of hydrogen-bond donors (Lipinski definition) is 2. The number of hydrogen-bond acceptors (Lipinski definition) is 3. The molecule has 0 aromatic carbocycles. The molecule has 0 heterocycles. The van der Waals surface area contributed by atoms with E-state index in [4.69, 9.17) is 0 Å². The molecule has 0 amide bonds. The Balaban J connectivity index is 0. The lowest BCUT2D eigenvalue weighted by molar-refractivity contribution is 0.464. The molecule has 0 saturated heterocycles. The summed E-state index contributed by atoms with van der Waals surface area (Å²) in [5.74, 6) is 0.962. The van der Waals surface area contributed by atoms with Gasteiger partial charge in [-0.05, 0) is 33.6 Å². The Morgan fingerprint density at radius 1 is 1.17 bits per heavy atom. The summed E-state index contributed by atoms with van der Waals surface area (Å²) in [4.78, 5) is 4.53. The van der Waals surface area contributed by atoms with Crippen LogP contribution in [0.4, 0.5) is 0 Å². The third kappa shape index (κ3) is 12.3. The number of halogens is 1. The summed E-state index contributed by atoms with van der Waals surface area (Å²) in [7, 11) is -1.46. The highest BCUT2D eigenvalue weighted by atomic mass is 127. The predicted molar refractivity (Wildman–Crippen MR) is 115 cm³/mol.